The lowest BCUT2D eigenvalue weighted by atomic mass is 10.2. The van der Waals surface area contributed by atoms with Crippen LogP contribution in [0.3, 0.4) is 0 Å². The largest absolute Gasteiger partial charge is 0.454 e. The Hall–Kier alpha value is -3.99. The zero-order valence-corrected chi connectivity index (χ0v) is 14.8. The monoisotopic (exact) mass is 376 g/mol. The highest BCUT2D eigenvalue weighted by Crippen LogP contribution is 2.13. The molecule has 0 aliphatic heterocycles. The van der Waals surface area contributed by atoms with Crippen molar-refractivity contribution < 1.29 is 14.3 Å². The quantitative estimate of drug-likeness (QED) is 0.477. The predicted octanol–water partition coefficient (Wildman–Crippen LogP) is 1.50. The maximum absolute atomic E-state index is 12.4. The molecule has 0 unspecified atom stereocenters. The minimum absolute atomic E-state index is 0.172. The lowest BCUT2D eigenvalue weighted by Crippen LogP contribution is -2.36. The second-order valence-electron chi connectivity index (χ2n) is 5.83. The van der Waals surface area contributed by atoms with Crippen molar-refractivity contribution in [2.75, 3.05) is 18.1 Å². The Kier molecular flexibility index (Phi) is 5.77. The highest BCUT2D eigenvalue weighted by atomic mass is 16.5. The van der Waals surface area contributed by atoms with E-state index in [9.17, 15) is 14.4 Å². The number of amides is 1. The Balaban J connectivity index is 1.65. The summed E-state index contributed by atoms with van der Waals surface area (Å²) in [6.45, 7) is -1.08. The molecule has 0 atom stereocenters. The maximum atomic E-state index is 12.4. The molecule has 2 aromatic carbocycles. The lowest BCUT2D eigenvalue weighted by molar-refractivity contribution is -0.148. The van der Waals surface area contributed by atoms with Crippen LogP contribution in [0.1, 0.15) is 0 Å². The van der Waals surface area contributed by atoms with Gasteiger partial charge in [-0.3, -0.25) is 23.9 Å². The normalized spacial score (nSPS) is 10.2. The van der Waals surface area contributed by atoms with Gasteiger partial charge in [0.25, 0.3) is 11.5 Å². The van der Waals surface area contributed by atoms with E-state index in [-0.39, 0.29) is 18.6 Å². The van der Waals surface area contributed by atoms with Crippen LogP contribution in [-0.2, 0) is 20.9 Å². The first kappa shape index (κ1) is 18.8. The van der Waals surface area contributed by atoms with Crippen LogP contribution in [0.4, 0.5) is 5.69 Å². The van der Waals surface area contributed by atoms with Gasteiger partial charge in [-0.1, -0.05) is 30.3 Å². The first-order valence-corrected chi connectivity index (χ1v) is 8.42. The van der Waals surface area contributed by atoms with Crippen molar-refractivity contribution in [1.29, 1.82) is 5.26 Å². The van der Waals surface area contributed by atoms with Crippen molar-refractivity contribution in [2.45, 2.75) is 6.54 Å². The van der Waals surface area contributed by atoms with Crippen LogP contribution >= 0.6 is 0 Å². The zero-order chi connectivity index (χ0) is 19.9. The molecule has 0 fully saturated rings. The van der Waals surface area contributed by atoms with E-state index in [2.05, 4.69) is 4.98 Å². The fraction of sp³-hybridized carbons (Fsp3) is 0.150. The van der Waals surface area contributed by atoms with Crippen LogP contribution in [-0.4, -0.2) is 34.6 Å². The lowest BCUT2D eigenvalue weighted by Gasteiger charge is -2.19. The van der Waals surface area contributed by atoms with Gasteiger partial charge < -0.3 is 4.74 Å². The van der Waals surface area contributed by atoms with E-state index in [1.165, 1.54) is 11.2 Å². The summed E-state index contributed by atoms with van der Waals surface area (Å²) >= 11 is 0. The number of rotatable bonds is 6. The van der Waals surface area contributed by atoms with Crippen LogP contribution in [0.25, 0.3) is 10.9 Å². The minimum Gasteiger partial charge on any atom is -0.454 e. The summed E-state index contributed by atoms with van der Waals surface area (Å²) in [5.41, 5.74) is 0.687. The summed E-state index contributed by atoms with van der Waals surface area (Å²) in [5, 5.41) is 9.33. The molecule has 140 valence electrons. The van der Waals surface area contributed by atoms with Gasteiger partial charge in [0.05, 0.1) is 23.3 Å². The van der Waals surface area contributed by atoms with E-state index in [0.29, 0.717) is 16.6 Å². The number of carbonyl (C=O) groups is 2. The Morgan fingerprint density at radius 1 is 1.11 bits per heavy atom. The third-order valence-corrected chi connectivity index (χ3v) is 3.99. The molecule has 0 saturated heterocycles. The van der Waals surface area contributed by atoms with Gasteiger partial charge >= 0.3 is 5.97 Å². The molecule has 3 aromatic rings. The van der Waals surface area contributed by atoms with Gasteiger partial charge in [0, 0.05) is 5.69 Å². The molecule has 0 aliphatic rings. The van der Waals surface area contributed by atoms with Crippen molar-refractivity contribution in [2.24, 2.45) is 0 Å². The fourth-order valence-corrected chi connectivity index (χ4v) is 2.63. The summed E-state index contributed by atoms with van der Waals surface area (Å²) in [7, 11) is 0. The molecular formula is C20H16N4O4. The SMILES string of the molecule is N#CCN(C(=O)COC(=O)Cn1cnc2ccccc2c1=O)c1ccccc1. The average molecular weight is 376 g/mol. The Bertz CT molecular complexity index is 1100. The van der Waals surface area contributed by atoms with E-state index >= 15 is 0 Å². The molecule has 0 saturated carbocycles. The van der Waals surface area contributed by atoms with Crippen molar-refractivity contribution in [3.63, 3.8) is 0 Å². The molecule has 8 heteroatoms. The number of benzene rings is 2. The molecule has 0 bridgehead atoms. The van der Waals surface area contributed by atoms with Gasteiger partial charge in [-0.2, -0.15) is 5.26 Å². The second kappa shape index (κ2) is 8.60. The molecule has 8 nitrogen and oxygen atoms in total. The van der Waals surface area contributed by atoms with E-state index in [1.807, 2.05) is 6.07 Å². The number of hydrogen-bond acceptors (Lipinski definition) is 6. The van der Waals surface area contributed by atoms with E-state index in [4.69, 9.17) is 10.00 Å². The molecule has 1 amide bonds. The first-order chi connectivity index (χ1) is 13.6. The number of ether oxygens (including phenoxy) is 1. The molecule has 1 aromatic heterocycles. The highest BCUT2D eigenvalue weighted by Gasteiger charge is 2.18. The van der Waals surface area contributed by atoms with Gasteiger partial charge in [0.2, 0.25) is 0 Å². The number of anilines is 1. The number of para-hydroxylation sites is 2. The van der Waals surface area contributed by atoms with Crippen LogP contribution in [0.15, 0.2) is 65.7 Å². The van der Waals surface area contributed by atoms with Gasteiger partial charge in [0.15, 0.2) is 6.61 Å². The number of aromatic nitrogens is 2. The van der Waals surface area contributed by atoms with Crippen LogP contribution in [0.2, 0.25) is 0 Å². The number of esters is 1. The Morgan fingerprint density at radius 3 is 2.57 bits per heavy atom. The number of nitriles is 1. The van der Waals surface area contributed by atoms with Gasteiger partial charge in [-0.05, 0) is 24.3 Å². The summed E-state index contributed by atoms with van der Waals surface area (Å²) in [5.74, 6) is -1.29. The summed E-state index contributed by atoms with van der Waals surface area (Å²) in [4.78, 5) is 42.2. The molecule has 3 rings (SSSR count). The highest BCUT2D eigenvalue weighted by molar-refractivity contribution is 5.95. The fourth-order valence-electron chi connectivity index (χ4n) is 2.63. The summed E-state index contributed by atoms with van der Waals surface area (Å²) < 4.78 is 6.12. The van der Waals surface area contributed by atoms with Gasteiger partial charge in [-0.25, -0.2) is 4.98 Å². The molecule has 0 spiro atoms. The molecule has 0 N–H and O–H groups in total. The second-order valence-corrected chi connectivity index (χ2v) is 5.83. The van der Waals surface area contributed by atoms with Crippen LogP contribution in [0, 0.1) is 11.3 Å². The smallest absolute Gasteiger partial charge is 0.326 e. The van der Waals surface area contributed by atoms with E-state index < -0.39 is 18.5 Å². The van der Waals surface area contributed by atoms with Gasteiger partial charge in [0.1, 0.15) is 13.1 Å². The molecule has 0 radical (unpaired) electrons. The number of fused-ring (bicyclic) bond motifs is 1. The summed E-state index contributed by atoms with van der Waals surface area (Å²) in [6.07, 6.45) is 1.26. The molecule has 28 heavy (non-hydrogen) atoms. The topological polar surface area (TPSA) is 105 Å². The third kappa shape index (κ3) is 4.22. The van der Waals surface area contributed by atoms with Gasteiger partial charge in [-0.15, -0.1) is 0 Å². The zero-order valence-electron chi connectivity index (χ0n) is 14.8. The number of carbonyl (C=O) groups excluding carboxylic acids is 2. The summed E-state index contributed by atoms with van der Waals surface area (Å²) in [6, 6.07) is 17.3. The third-order valence-electron chi connectivity index (χ3n) is 3.99. The van der Waals surface area contributed by atoms with Crippen molar-refractivity contribution in [3.8, 4) is 6.07 Å². The minimum atomic E-state index is -0.752. The molecular weight excluding hydrogens is 360 g/mol. The average Bonchev–Trinajstić information content (AvgIpc) is 2.73. The van der Waals surface area contributed by atoms with Crippen molar-refractivity contribution in [1.82, 2.24) is 9.55 Å². The predicted molar refractivity (Wildman–Crippen MR) is 101 cm³/mol. The van der Waals surface area contributed by atoms with E-state index in [1.54, 1.807) is 54.6 Å². The standard InChI is InChI=1S/C20H16N4O4/c21-10-11-24(15-6-2-1-3-7-15)18(25)13-28-19(26)12-23-14-22-17-9-5-4-8-16(17)20(23)27/h1-9,14H,11-13H2. The van der Waals surface area contributed by atoms with Crippen LogP contribution < -0.4 is 10.5 Å². The maximum Gasteiger partial charge on any atom is 0.326 e. The number of hydrogen-bond donors (Lipinski definition) is 0. The molecule has 1 heterocycles. The van der Waals surface area contributed by atoms with Crippen molar-refractivity contribution in [3.05, 3.63) is 71.3 Å². The Labute approximate surface area is 160 Å². The molecule has 0 aliphatic carbocycles. The number of nitrogens with zero attached hydrogens (tertiary/aromatic N) is 4. The first-order valence-electron chi connectivity index (χ1n) is 8.42. The Morgan fingerprint density at radius 2 is 1.82 bits per heavy atom. The van der Waals surface area contributed by atoms with E-state index in [0.717, 1.165) is 4.57 Å². The van der Waals surface area contributed by atoms with Crippen LogP contribution in [0.5, 0.6) is 0 Å². The van der Waals surface area contributed by atoms with Crippen molar-refractivity contribution >= 4 is 28.5 Å².